The monoisotopic (exact) mass is 176 g/mol. The van der Waals surface area contributed by atoms with Gasteiger partial charge in [-0.05, 0) is 6.92 Å². The Hall–Kier alpha value is -0.650. The van der Waals surface area contributed by atoms with Crippen LogP contribution in [0.5, 0.6) is 0 Å². The molecule has 72 valence electrons. The van der Waals surface area contributed by atoms with Crippen LogP contribution in [0.1, 0.15) is 13.3 Å². The van der Waals surface area contributed by atoms with Crippen LogP contribution in [0.3, 0.4) is 0 Å². The van der Waals surface area contributed by atoms with Crippen molar-refractivity contribution in [2.24, 2.45) is 5.73 Å². The Labute approximate surface area is 71.6 Å². The molecule has 0 aromatic rings. The number of nitrogens with two attached hydrogens (primary N) is 1. The lowest BCUT2D eigenvalue weighted by molar-refractivity contribution is -0.122. The maximum absolute atomic E-state index is 10.8. The van der Waals surface area contributed by atoms with Gasteiger partial charge in [0.25, 0.3) is 0 Å². The minimum Gasteiger partial charge on any atom is -0.393 e. The van der Waals surface area contributed by atoms with E-state index in [9.17, 15) is 9.90 Å². The van der Waals surface area contributed by atoms with Crippen molar-refractivity contribution in [3.8, 4) is 0 Å². The lowest BCUT2D eigenvalue weighted by Crippen LogP contribution is -2.43. The van der Waals surface area contributed by atoms with Gasteiger partial charge in [-0.1, -0.05) is 0 Å². The third-order valence-electron chi connectivity index (χ3n) is 1.38. The van der Waals surface area contributed by atoms with E-state index in [1.807, 2.05) is 0 Å². The van der Waals surface area contributed by atoms with E-state index >= 15 is 0 Å². The summed E-state index contributed by atoms with van der Waals surface area (Å²) < 4.78 is 0. The molecule has 5 N–H and O–H groups in total. The van der Waals surface area contributed by atoms with Crippen molar-refractivity contribution in [1.82, 2.24) is 5.32 Å². The van der Waals surface area contributed by atoms with Crippen molar-refractivity contribution in [2.75, 3.05) is 19.7 Å². The molecule has 0 fully saturated rings. The molecule has 0 aliphatic heterocycles. The molecule has 0 saturated carbocycles. The topological polar surface area (TPSA) is 95.6 Å². The van der Waals surface area contributed by atoms with Crippen LogP contribution < -0.4 is 11.1 Å². The first-order valence-electron chi connectivity index (χ1n) is 3.82. The zero-order chi connectivity index (χ0) is 9.61. The molecule has 0 saturated heterocycles. The third-order valence-corrected chi connectivity index (χ3v) is 1.38. The average Bonchev–Trinajstić information content (AvgIpc) is 2.02. The highest BCUT2D eigenvalue weighted by Crippen LogP contribution is 1.98. The van der Waals surface area contributed by atoms with Gasteiger partial charge in [0, 0.05) is 19.5 Å². The van der Waals surface area contributed by atoms with Crippen molar-refractivity contribution < 1.29 is 15.0 Å². The summed E-state index contributed by atoms with van der Waals surface area (Å²) in [5.74, 6) is -0.216. The first-order chi connectivity index (χ1) is 5.52. The van der Waals surface area contributed by atoms with Gasteiger partial charge in [0.15, 0.2) is 0 Å². The molecular weight excluding hydrogens is 160 g/mol. The molecule has 0 heterocycles. The third kappa shape index (κ3) is 5.06. The molecule has 5 nitrogen and oxygen atoms in total. The molecule has 0 bridgehead atoms. The van der Waals surface area contributed by atoms with Crippen molar-refractivity contribution in [3.63, 3.8) is 0 Å². The summed E-state index contributed by atoms with van der Waals surface area (Å²) in [5, 5.41) is 20.3. The number of amides is 1. The molecule has 1 unspecified atom stereocenters. The predicted molar refractivity (Wildman–Crippen MR) is 44.4 cm³/mol. The van der Waals surface area contributed by atoms with Crippen LogP contribution in [0.15, 0.2) is 0 Å². The lowest BCUT2D eigenvalue weighted by atomic mass is 10.1. The summed E-state index contributed by atoms with van der Waals surface area (Å²) in [5.41, 5.74) is 3.88. The SMILES string of the molecule is CC(O)(CO)CNC(=O)CCN. The maximum atomic E-state index is 10.8. The molecular formula is C7H16N2O3. The number of rotatable bonds is 5. The van der Waals surface area contributed by atoms with E-state index in [1.165, 1.54) is 6.92 Å². The second kappa shape index (κ2) is 5.08. The van der Waals surface area contributed by atoms with E-state index in [-0.39, 0.29) is 32.0 Å². The van der Waals surface area contributed by atoms with Crippen LogP contribution in [0.4, 0.5) is 0 Å². The summed E-state index contributed by atoms with van der Waals surface area (Å²) in [6.45, 7) is 1.39. The molecule has 1 atom stereocenters. The largest absolute Gasteiger partial charge is 0.393 e. The Bertz CT molecular complexity index is 148. The number of nitrogens with one attached hydrogen (secondary N) is 1. The normalized spacial score (nSPS) is 15.3. The standard InChI is InChI=1S/C7H16N2O3/c1-7(12,5-10)4-9-6(11)2-3-8/h10,12H,2-5,8H2,1H3,(H,9,11). The Kier molecular flexibility index (Phi) is 4.80. The average molecular weight is 176 g/mol. The zero-order valence-corrected chi connectivity index (χ0v) is 7.21. The van der Waals surface area contributed by atoms with Crippen LogP contribution in [0.2, 0.25) is 0 Å². The second-order valence-electron chi connectivity index (χ2n) is 2.97. The zero-order valence-electron chi connectivity index (χ0n) is 7.21. The molecule has 0 spiro atoms. The number of hydrogen-bond acceptors (Lipinski definition) is 4. The van der Waals surface area contributed by atoms with Crippen LogP contribution in [-0.4, -0.2) is 41.4 Å². The fourth-order valence-corrected chi connectivity index (χ4v) is 0.564. The molecule has 0 radical (unpaired) electrons. The van der Waals surface area contributed by atoms with Gasteiger partial charge in [0.1, 0.15) is 5.60 Å². The fraction of sp³-hybridized carbons (Fsp3) is 0.857. The minimum atomic E-state index is -1.25. The van der Waals surface area contributed by atoms with Gasteiger partial charge in [-0.25, -0.2) is 0 Å². The van der Waals surface area contributed by atoms with E-state index in [0.29, 0.717) is 0 Å². The first kappa shape index (κ1) is 11.4. The van der Waals surface area contributed by atoms with Crippen molar-refractivity contribution in [1.29, 1.82) is 0 Å². The Morgan fingerprint density at radius 3 is 2.67 bits per heavy atom. The molecule has 0 rings (SSSR count). The lowest BCUT2D eigenvalue weighted by Gasteiger charge is -2.20. The van der Waals surface area contributed by atoms with E-state index in [0.717, 1.165) is 0 Å². The van der Waals surface area contributed by atoms with Gasteiger partial charge in [-0.15, -0.1) is 0 Å². The Morgan fingerprint density at radius 2 is 2.25 bits per heavy atom. The number of carbonyl (C=O) groups is 1. The van der Waals surface area contributed by atoms with Crippen molar-refractivity contribution >= 4 is 5.91 Å². The minimum absolute atomic E-state index is 0.0440. The van der Waals surface area contributed by atoms with Crippen LogP contribution in [0.25, 0.3) is 0 Å². The van der Waals surface area contributed by atoms with Crippen LogP contribution in [0, 0.1) is 0 Å². The molecule has 1 amide bonds. The number of carbonyl (C=O) groups excluding carboxylic acids is 1. The van der Waals surface area contributed by atoms with Gasteiger partial charge in [-0.2, -0.15) is 0 Å². The smallest absolute Gasteiger partial charge is 0.221 e. The van der Waals surface area contributed by atoms with Crippen molar-refractivity contribution in [2.45, 2.75) is 18.9 Å². The van der Waals surface area contributed by atoms with Crippen LogP contribution >= 0.6 is 0 Å². The van der Waals surface area contributed by atoms with E-state index in [1.54, 1.807) is 0 Å². The first-order valence-corrected chi connectivity index (χ1v) is 3.82. The summed E-state index contributed by atoms with van der Waals surface area (Å²) in [7, 11) is 0. The fourth-order valence-electron chi connectivity index (χ4n) is 0.564. The summed E-state index contributed by atoms with van der Waals surface area (Å²) in [4.78, 5) is 10.8. The molecule has 0 aliphatic rings. The summed E-state index contributed by atoms with van der Waals surface area (Å²) in [6, 6.07) is 0. The molecule has 12 heavy (non-hydrogen) atoms. The highest BCUT2D eigenvalue weighted by atomic mass is 16.3. The Morgan fingerprint density at radius 1 is 1.67 bits per heavy atom. The maximum Gasteiger partial charge on any atom is 0.221 e. The molecule has 5 heteroatoms. The number of aliphatic hydroxyl groups excluding tert-OH is 1. The van der Waals surface area contributed by atoms with Gasteiger partial charge in [0.2, 0.25) is 5.91 Å². The summed E-state index contributed by atoms with van der Waals surface area (Å²) >= 11 is 0. The summed E-state index contributed by atoms with van der Waals surface area (Å²) in [6.07, 6.45) is 0.238. The predicted octanol–water partition coefficient (Wildman–Crippen LogP) is -1.81. The second-order valence-corrected chi connectivity index (χ2v) is 2.97. The molecule has 0 aromatic heterocycles. The van der Waals surface area contributed by atoms with Gasteiger partial charge in [-0.3, -0.25) is 4.79 Å². The quantitative estimate of drug-likeness (QED) is 0.397. The highest BCUT2D eigenvalue weighted by molar-refractivity contribution is 5.76. The highest BCUT2D eigenvalue weighted by Gasteiger charge is 2.19. The number of aliphatic hydroxyl groups is 2. The molecule has 0 aromatic carbocycles. The van der Waals surface area contributed by atoms with Gasteiger partial charge in [0.05, 0.1) is 6.61 Å². The molecule has 0 aliphatic carbocycles. The van der Waals surface area contributed by atoms with Crippen LogP contribution in [-0.2, 0) is 4.79 Å². The van der Waals surface area contributed by atoms with Gasteiger partial charge >= 0.3 is 0 Å². The van der Waals surface area contributed by atoms with E-state index < -0.39 is 5.60 Å². The van der Waals surface area contributed by atoms with E-state index in [4.69, 9.17) is 10.8 Å². The van der Waals surface area contributed by atoms with E-state index in [2.05, 4.69) is 5.32 Å². The van der Waals surface area contributed by atoms with Gasteiger partial charge < -0.3 is 21.3 Å². The Balaban J connectivity index is 3.60. The van der Waals surface area contributed by atoms with Crippen molar-refractivity contribution in [3.05, 3.63) is 0 Å². The number of hydrogen-bond donors (Lipinski definition) is 4.